The van der Waals surface area contributed by atoms with Crippen LogP contribution in [0.3, 0.4) is 0 Å². The van der Waals surface area contributed by atoms with E-state index in [4.69, 9.17) is 21.6 Å². The van der Waals surface area contributed by atoms with Gasteiger partial charge in [0.25, 0.3) is 0 Å². The second-order valence-corrected chi connectivity index (χ2v) is 8.20. The molecular formula is C21H17ClN6S. The smallest absolute Gasteiger partial charge is 0.162 e. The maximum absolute atomic E-state index is 5.98. The van der Waals surface area contributed by atoms with Gasteiger partial charge in [0.15, 0.2) is 5.82 Å². The van der Waals surface area contributed by atoms with Gasteiger partial charge in [0.1, 0.15) is 11.3 Å². The molecular weight excluding hydrogens is 404 g/mol. The Labute approximate surface area is 177 Å². The Morgan fingerprint density at radius 2 is 1.83 bits per heavy atom. The number of aromatic nitrogens is 5. The minimum Gasteiger partial charge on any atom is -0.293 e. The molecule has 5 rings (SSSR count). The van der Waals surface area contributed by atoms with Crippen molar-refractivity contribution < 1.29 is 0 Å². The first-order valence-electron chi connectivity index (χ1n) is 9.27. The van der Waals surface area contributed by atoms with Crippen LogP contribution < -0.4 is 0 Å². The fourth-order valence-electron chi connectivity index (χ4n) is 3.40. The predicted octanol–water partition coefficient (Wildman–Crippen LogP) is 4.27. The lowest BCUT2D eigenvalue weighted by Gasteiger charge is -2.27. The number of halogens is 1. The molecule has 1 aromatic carbocycles. The number of fused-ring (bicyclic) bond motifs is 1. The molecule has 0 aliphatic carbocycles. The third-order valence-electron chi connectivity index (χ3n) is 4.86. The molecule has 4 heterocycles. The monoisotopic (exact) mass is 420 g/mol. The van der Waals surface area contributed by atoms with E-state index < -0.39 is 0 Å². The van der Waals surface area contributed by atoms with Crippen molar-refractivity contribution >= 4 is 22.9 Å². The highest BCUT2D eigenvalue weighted by atomic mass is 35.5. The van der Waals surface area contributed by atoms with Crippen molar-refractivity contribution in [1.82, 2.24) is 29.8 Å². The van der Waals surface area contributed by atoms with Crippen LogP contribution >= 0.6 is 22.9 Å². The molecule has 0 atom stereocenters. The fourth-order valence-corrected chi connectivity index (χ4v) is 4.34. The predicted molar refractivity (Wildman–Crippen MR) is 113 cm³/mol. The minimum absolute atomic E-state index is 0.685. The molecule has 1 aliphatic rings. The van der Waals surface area contributed by atoms with Gasteiger partial charge in [0.05, 0.1) is 17.0 Å². The summed E-state index contributed by atoms with van der Waals surface area (Å²) in [5, 5.41) is 3.89. The lowest BCUT2D eigenvalue weighted by atomic mass is 10.1. The molecule has 0 radical (unpaired) electrons. The first-order chi connectivity index (χ1) is 14.2. The average Bonchev–Trinajstić information content (AvgIpc) is 3.23. The summed E-state index contributed by atoms with van der Waals surface area (Å²) in [6.07, 6.45) is 7.81. The third-order valence-corrected chi connectivity index (χ3v) is 6.05. The lowest BCUT2D eigenvalue weighted by Crippen LogP contribution is -2.31. The molecule has 29 heavy (non-hydrogen) atoms. The zero-order valence-corrected chi connectivity index (χ0v) is 17.1. The molecule has 0 fully saturated rings. The van der Waals surface area contributed by atoms with Crippen LogP contribution in [-0.4, -0.2) is 36.4 Å². The van der Waals surface area contributed by atoms with Crippen molar-refractivity contribution in [2.75, 3.05) is 6.54 Å². The normalized spacial score (nSPS) is 14.0. The maximum Gasteiger partial charge on any atom is 0.162 e. The van der Waals surface area contributed by atoms with Crippen LogP contribution in [0.4, 0.5) is 0 Å². The Bertz CT molecular complexity index is 1130. The Hall–Kier alpha value is -2.74. The second kappa shape index (κ2) is 7.94. The van der Waals surface area contributed by atoms with E-state index in [2.05, 4.69) is 25.2 Å². The van der Waals surface area contributed by atoms with E-state index in [0.717, 1.165) is 58.6 Å². The maximum atomic E-state index is 5.98. The van der Waals surface area contributed by atoms with Crippen molar-refractivity contribution in [3.05, 3.63) is 76.5 Å². The van der Waals surface area contributed by atoms with Gasteiger partial charge >= 0.3 is 0 Å². The van der Waals surface area contributed by atoms with Gasteiger partial charge in [-0.3, -0.25) is 4.90 Å². The average molecular weight is 421 g/mol. The van der Waals surface area contributed by atoms with Crippen molar-refractivity contribution in [2.24, 2.45) is 0 Å². The van der Waals surface area contributed by atoms with Crippen molar-refractivity contribution in [3.63, 3.8) is 0 Å². The van der Waals surface area contributed by atoms with Gasteiger partial charge in [0.2, 0.25) is 0 Å². The van der Waals surface area contributed by atoms with Crippen molar-refractivity contribution in [1.29, 1.82) is 0 Å². The van der Waals surface area contributed by atoms with Gasteiger partial charge in [-0.05, 0) is 12.1 Å². The fraction of sp³-hybridized carbons (Fsp3) is 0.190. The Morgan fingerprint density at radius 3 is 2.66 bits per heavy atom. The van der Waals surface area contributed by atoms with E-state index in [-0.39, 0.29) is 0 Å². The molecule has 0 amide bonds. The van der Waals surface area contributed by atoms with Gasteiger partial charge < -0.3 is 0 Å². The molecule has 1 aliphatic heterocycles. The van der Waals surface area contributed by atoms with Crippen LogP contribution in [0, 0.1) is 0 Å². The SMILES string of the molecule is Clc1ccc(-c2nc(CN3CCc4nc(-c5cncnc5)ncc4C3)cs2)cc1. The van der Waals surface area contributed by atoms with Crippen LogP contribution in [0.1, 0.15) is 17.0 Å². The zero-order valence-electron chi connectivity index (χ0n) is 15.5. The van der Waals surface area contributed by atoms with E-state index in [0.29, 0.717) is 5.82 Å². The first-order valence-corrected chi connectivity index (χ1v) is 10.5. The molecule has 0 bridgehead atoms. The highest BCUT2D eigenvalue weighted by molar-refractivity contribution is 7.13. The highest BCUT2D eigenvalue weighted by Gasteiger charge is 2.20. The summed E-state index contributed by atoms with van der Waals surface area (Å²) in [4.78, 5) is 24.5. The molecule has 144 valence electrons. The molecule has 6 nitrogen and oxygen atoms in total. The van der Waals surface area contributed by atoms with Crippen LogP contribution in [0.25, 0.3) is 22.0 Å². The molecule has 0 saturated carbocycles. The summed E-state index contributed by atoms with van der Waals surface area (Å²) in [5.74, 6) is 0.685. The molecule has 8 heteroatoms. The second-order valence-electron chi connectivity index (χ2n) is 6.90. The van der Waals surface area contributed by atoms with E-state index in [1.165, 1.54) is 11.9 Å². The van der Waals surface area contributed by atoms with E-state index in [1.807, 2.05) is 30.5 Å². The Kier molecular flexibility index (Phi) is 5.01. The molecule has 0 spiro atoms. The topological polar surface area (TPSA) is 67.7 Å². The first kappa shape index (κ1) is 18.3. The van der Waals surface area contributed by atoms with Gasteiger partial charge in [0, 0.05) is 66.2 Å². The number of hydrogen-bond donors (Lipinski definition) is 0. The molecule has 3 aromatic heterocycles. The number of benzene rings is 1. The van der Waals surface area contributed by atoms with E-state index in [1.54, 1.807) is 23.7 Å². The summed E-state index contributed by atoms with van der Waals surface area (Å²) in [6, 6.07) is 7.81. The summed E-state index contributed by atoms with van der Waals surface area (Å²) in [5.41, 5.74) is 5.30. The van der Waals surface area contributed by atoms with Gasteiger partial charge in [-0.1, -0.05) is 23.7 Å². The van der Waals surface area contributed by atoms with Gasteiger partial charge in [-0.2, -0.15) is 0 Å². The zero-order chi connectivity index (χ0) is 19.6. The number of thiazole rings is 1. The van der Waals surface area contributed by atoms with E-state index >= 15 is 0 Å². The minimum atomic E-state index is 0.685. The Morgan fingerprint density at radius 1 is 1.00 bits per heavy atom. The Balaban J connectivity index is 1.29. The lowest BCUT2D eigenvalue weighted by molar-refractivity contribution is 0.240. The summed E-state index contributed by atoms with van der Waals surface area (Å²) in [7, 11) is 0. The molecule has 4 aromatic rings. The molecule has 0 saturated heterocycles. The number of hydrogen-bond acceptors (Lipinski definition) is 7. The molecule has 0 N–H and O–H groups in total. The summed E-state index contributed by atoms with van der Waals surface area (Å²) >= 11 is 7.64. The number of nitrogens with zero attached hydrogens (tertiary/aromatic N) is 6. The largest absolute Gasteiger partial charge is 0.293 e. The van der Waals surface area contributed by atoms with E-state index in [9.17, 15) is 0 Å². The van der Waals surface area contributed by atoms with Crippen LogP contribution in [-0.2, 0) is 19.5 Å². The highest BCUT2D eigenvalue weighted by Crippen LogP contribution is 2.27. The van der Waals surface area contributed by atoms with Crippen LogP contribution in [0.15, 0.2) is 54.6 Å². The third kappa shape index (κ3) is 4.03. The number of rotatable bonds is 4. The standard InChI is InChI=1S/C21H17ClN6S/c22-17-3-1-14(2-4-17)21-26-18(12-29-21)11-28-6-5-19-16(10-28)9-25-20(27-19)15-7-23-13-24-8-15/h1-4,7-9,12-13H,5-6,10-11H2. The quantitative estimate of drug-likeness (QED) is 0.491. The van der Waals surface area contributed by atoms with Crippen molar-refractivity contribution in [3.8, 4) is 22.0 Å². The van der Waals surface area contributed by atoms with Gasteiger partial charge in [-0.25, -0.2) is 24.9 Å². The molecule has 0 unspecified atom stereocenters. The summed E-state index contributed by atoms with van der Waals surface area (Å²) in [6.45, 7) is 2.59. The van der Waals surface area contributed by atoms with Gasteiger partial charge in [-0.15, -0.1) is 11.3 Å². The van der Waals surface area contributed by atoms with Crippen molar-refractivity contribution in [2.45, 2.75) is 19.5 Å². The van der Waals surface area contributed by atoms with Crippen LogP contribution in [0.2, 0.25) is 5.02 Å². The summed E-state index contributed by atoms with van der Waals surface area (Å²) < 4.78 is 0. The van der Waals surface area contributed by atoms with Crippen LogP contribution in [0.5, 0.6) is 0 Å².